The largest absolute Gasteiger partial charge is 0.573 e. The van der Waals surface area contributed by atoms with E-state index in [1.807, 2.05) is 0 Å². The molecule has 1 aliphatic rings. The van der Waals surface area contributed by atoms with Crippen LogP contribution in [-0.4, -0.2) is 40.3 Å². The Labute approximate surface area is 176 Å². The van der Waals surface area contributed by atoms with Gasteiger partial charge in [-0.1, -0.05) is 18.2 Å². The van der Waals surface area contributed by atoms with Gasteiger partial charge in [0.25, 0.3) is 5.91 Å². The van der Waals surface area contributed by atoms with Crippen molar-refractivity contribution in [1.82, 2.24) is 14.9 Å². The lowest BCUT2D eigenvalue weighted by Crippen LogP contribution is -2.32. The van der Waals surface area contributed by atoms with Crippen molar-refractivity contribution >= 4 is 5.91 Å². The molecule has 1 amide bonds. The molecule has 0 saturated heterocycles. The van der Waals surface area contributed by atoms with Crippen molar-refractivity contribution in [2.45, 2.75) is 12.9 Å². The molecule has 1 aromatic heterocycles. The summed E-state index contributed by atoms with van der Waals surface area (Å²) in [5.74, 6) is -1.62. The minimum Gasteiger partial charge on any atom is -0.491 e. The van der Waals surface area contributed by atoms with Crippen molar-refractivity contribution < 1.29 is 34.3 Å². The Hall–Kier alpha value is -3.62. The van der Waals surface area contributed by atoms with E-state index in [4.69, 9.17) is 11.6 Å². The highest BCUT2D eigenvalue weighted by Gasteiger charge is 2.31. The number of aromatic nitrogens is 2. The van der Waals surface area contributed by atoms with Crippen molar-refractivity contribution in [3.05, 3.63) is 72.2 Å². The third-order valence-electron chi connectivity index (χ3n) is 4.12. The molecule has 6 nitrogen and oxygen atoms in total. The smallest absolute Gasteiger partial charge is 0.491 e. The van der Waals surface area contributed by atoms with Crippen LogP contribution >= 0.6 is 0 Å². The summed E-state index contributed by atoms with van der Waals surface area (Å²) in [6.07, 6.45) is -6.13. The zero-order valence-electron chi connectivity index (χ0n) is 20.2. The molecule has 0 fully saturated rings. The van der Waals surface area contributed by atoms with Gasteiger partial charge >= 0.3 is 6.36 Å². The average Bonchev–Trinajstić information content (AvgIpc) is 2.95. The number of carbonyl (C=O) groups excluding carboxylic acids is 1. The fraction of sp³-hybridized carbons (Fsp3) is 0.190. The number of amides is 1. The molecule has 2 heterocycles. The molecule has 30 heavy (non-hydrogen) atoms. The molecule has 0 radical (unpaired) electrons. The molecule has 4 rings (SSSR count). The van der Waals surface area contributed by atoms with Gasteiger partial charge < -0.3 is 14.4 Å². The van der Waals surface area contributed by atoms with Gasteiger partial charge in [0.1, 0.15) is 23.9 Å². The maximum absolute atomic E-state index is 13.4. The lowest BCUT2D eigenvalue weighted by atomic mass is 10.0. The predicted octanol–water partition coefficient (Wildman–Crippen LogP) is 4.08. The summed E-state index contributed by atoms with van der Waals surface area (Å²) >= 11 is 0. The van der Waals surface area contributed by atoms with Gasteiger partial charge in [-0.05, 0) is 41.4 Å². The average molecular weight is 420 g/mol. The van der Waals surface area contributed by atoms with E-state index in [9.17, 15) is 18.0 Å². The molecule has 2 aromatic carbocycles. The topological polar surface area (TPSA) is 64.6 Å². The molecule has 0 spiro atoms. The van der Waals surface area contributed by atoms with Crippen LogP contribution in [0.25, 0.3) is 11.1 Å². The number of alkyl halides is 3. The van der Waals surface area contributed by atoms with E-state index in [1.165, 1.54) is 24.3 Å². The number of carbonyl (C=O) groups is 1. The summed E-state index contributed by atoms with van der Waals surface area (Å²) in [6.45, 7) is -2.90. The van der Waals surface area contributed by atoms with E-state index < -0.39 is 48.7 Å². The summed E-state index contributed by atoms with van der Waals surface area (Å²) in [4.78, 5) is 21.5. The van der Waals surface area contributed by atoms with Crippen LogP contribution in [0.5, 0.6) is 11.5 Å². The Morgan fingerprint density at radius 3 is 2.53 bits per heavy atom. The quantitative estimate of drug-likeness (QED) is 0.637. The van der Waals surface area contributed by atoms with Gasteiger partial charge in [-0.15, -0.1) is 13.2 Å². The van der Waals surface area contributed by atoms with E-state index in [2.05, 4.69) is 14.7 Å². The third kappa shape index (κ3) is 4.51. The summed E-state index contributed by atoms with van der Waals surface area (Å²) in [5.41, 5.74) is 0.924. The Bertz CT molecular complexity index is 1270. The molecular formula is C21H16F3N3O3. The zero-order valence-corrected chi connectivity index (χ0v) is 15.2. The number of nitrogens with zero attached hydrogens (tertiary/aromatic N) is 3. The molecule has 0 atom stereocenters. The van der Waals surface area contributed by atoms with Crippen LogP contribution in [0.3, 0.4) is 0 Å². The SMILES string of the molecule is [2H]c1nc(C([2H])([2H])N2CCOc3ccc(-c4ccc(OC(F)(F)F)cc4)cc3C2=O)nc([2H])c1[2H]. The van der Waals surface area contributed by atoms with Crippen molar-refractivity contribution in [3.8, 4) is 22.6 Å². The Kier molecular flexibility index (Phi) is 3.84. The molecule has 9 heteroatoms. The van der Waals surface area contributed by atoms with Crippen molar-refractivity contribution in [2.75, 3.05) is 13.2 Å². The summed E-state index contributed by atoms with van der Waals surface area (Å²) in [7, 11) is 0. The van der Waals surface area contributed by atoms with E-state index in [-0.39, 0.29) is 24.5 Å². The molecule has 154 valence electrons. The van der Waals surface area contributed by atoms with E-state index in [0.29, 0.717) is 11.1 Å². The van der Waals surface area contributed by atoms with Crippen LogP contribution < -0.4 is 9.47 Å². The lowest BCUT2D eigenvalue weighted by Gasteiger charge is -2.19. The maximum Gasteiger partial charge on any atom is 0.573 e. The maximum atomic E-state index is 13.4. The number of halogens is 3. The van der Waals surface area contributed by atoms with E-state index in [0.717, 1.165) is 17.0 Å². The summed E-state index contributed by atoms with van der Waals surface area (Å²) < 4.78 is 86.5. The third-order valence-corrected chi connectivity index (χ3v) is 4.12. The lowest BCUT2D eigenvalue weighted by molar-refractivity contribution is -0.274. The minimum atomic E-state index is -4.83. The van der Waals surface area contributed by atoms with Crippen LogP contribution in [0.4, 0.5) is 13.2 Å². The van der Waals surface area contributed by atoms with Crippen LogP contribution in [-0.2, 0) is 6.50 Å². The highest BCUT2D eigenvalue weighted by Crippen LogP contribution is 2.31. The minimum absolute atomic E-state index is 0.00574. The fourth-order valence-corrected chi connectivity index (χ4v) is 2.83. The second kappa shape index (κ2) is 8.02. The predicted molar refractivity (Wildman–Crippen MR) is 101 cm³/mol. The standard InChI is InChI=1S/C21H16F3N3O3/c22-21(23,24)30-16-5-2-14(3-6-16)15-4-7-18-17(12-15)20(28)27(10-11-29-18)13-19-25-8-1-9-26-19/h1-9,12H,10-11,13H2/i1D,8D,9D,13D2. The molecular weight excluding hydrogens is 399 g/mol. The van der Waals surface area contributed by atoms with Crippen molar-refractivity contribution in [1.29, 1.82) is 0 Å². The van der Waals surface area contributed by atoms with Crippen LogP contribution in [0, 0.1) is 0 Å². The number of hydrogen-bond acceptors (Lipinski definition) is 5. The van der Waals surface area contributed by atoms with Gasteiger partial charge in [-0.2, -0.15) is 0 Å². The van der Waals surface area contributed by atoms with Crippen LogP contribution in [0.15, 0.2) is 60.9 Å². The molecule has 0 aliphatic carbocycles. The normalized spacial score (nSPS) is 16.8. The number of ether oxygens (including phenoxy) is 2. The van der Waals surface area contributed by atoms with Gasteiger partial charge in [0.05, 0.1) is 25.5 Å². The van der Waals surface area contributed by atoms with Gasteiger partial charge in [-0.25, -0.2) is 9.97 Å². The number of fused-ring (bicyclic) bond motifs is 1. The van der Waals surface area contributed by atoms with Crippen LogP contribution in [0.2, 0.25) is 0 Å². The monoisotopic (exact) mass is 420 g/mol. The second-order valence-electron chi connectivity index (χ2n) is 6.10. The van der Waals surface area contributed by atoms with E-state index in [1.54, 1.807) is 6.07 Å². The molecule has 0 unspecified atom stereocenters. The molecule has 0 N–H and O–H groups in total. The zero-order chi connectivity index (χ0) is 25.5. The molecule has 0 saturated carbocycles. The Morgan fingerprint density at radius 1 is 1.13 bits per heavy atom. The van der Waals surface area contributed by atoms with Gasteiger partial charge in [-0.3, -0.25) is 4.79 Å². The number of benzene rings is 2. The van der Waals surface area contributed by atoms with Crippen LogP contribution in [0.1, 0.15) is 23.0 Å². The first-order valence-electron chi connectivity index (χ1n) is 11.1. The van der Waals surface area contributed by atoms with E-state index >= 15 is 0 Å². The molecule has 3 aromatic rings. The first-order chi connectivity index (χ1) is 16.4. The highest BCUT2D eigenvalue weighted by atomic mass is 19.4. The Balaban J connectivity index is 1.68. The van der Waals surface area contributed by atoms with Gasteiger partial charge in [0.2, 0.25) is 0 Å². The molecule has 1 aliphatic heterocycles. The number of hydrogen-bond donors (Lipinski definition) is 0. The highest BCUT2D eigenvalue weighted by molar-refractivity contribution is 5.98. The first-order valence-corrected chi connectivity index (χ1v) is 8.64. The van der Waals surface area contributed by atoms with Crippen molar-refractivity contribution in [2.24, 2.45) is 0 Å². The second-order valence-corrected chi connectivity index (χ2v) is 6.10. The summed E-state index contributed by atoms with van der Waals surface area (Å²) in [6, 6.07) is 8.96. The summed E-state index contributed by atoms with van der Waals surface area (Å²) in [5, 5.41) is 0. The molecule has 0 bridgehead atoms. The van der Waals surface area contributed by atoms with Gasteiger partial charge in [0.15, 0.2) is 0 Å². The number of rotatable bonds is 4. The Morgan fingerprint density at radius 2 is 1.83 bits per heavy atom. The fourth-order valence-electron chi connectivity index (χ4n) is 2.83. The van der Waals surface area contributed by atoms with Crippen molar-refractivity contribution in [3.63, 3.8) is 0 Å². The first kappa shape index (κ1) is 14.4. The van der Waals surface area contributed by atoms with Gasteiger partial charge in [0, 0.05) is 12.3 Å².